The molecular weight excluding hydrogens is 378 g/mol. The molecule has 0 unspecified atom stereocenters. The predicted molar refractivity (Wildman–Crippen MR) is 85.3 cm³/mol. The van der Waals surface area contributed by atoms with Gasteiger partial charge in [-0.25, -0.2) is 8.42 Å². The van der Waals surface area contributed by atoms with Crippen molar-refractivity contribution in [3.05, 3.63) is 57.0 Å². The van der Waals surface area contributed by atoms with E-state index in [-0.39, 0.29) is 27.3 Å². The fourth-order valence-corrected chi connectivity index (χ4v) is 3.47. The lowest BCUT2D eigenvalue weighted by Gasteiger charge is -2.10. The Labute approximate surface area is 141 Å². The standard InChI is InChI=1S/C13H8Cl4O3S/c14-9-3-1-8(2-4-9)7-20-12-5-11(16)13(6-10(12)15)21(17,18)19/h1-6H,7H2. The second-order valence-electron chi connectivity index (χ2n) is 4.07. The highest BCUT2D eigenvalue weighted by Crippen LogP contribution is 2.35. The third kappa shape index (κ3) is 4.41. The van der Waals surface area contributed by atoms with E-state index in [9.17, 15) is 8.42 Å². The van der Waals surface area contributed by atoms with E-state index >= 15 is 0 Å². The molecule has 0 aliphatic heterocycles. The van der Waals surface area contributed by atoms with Gasteiger partial charge >= 0.3 is 0 Å². The summed E-state index contributed by atoms with van der Waals surface area (Å²) < 4.78 is 28.1. The summed E-state index contributed by atoms with van der Waals surface area (Å²) in [5, 5.41) is 0.671. The lowest BCUT2D eigenvalue weighted by Crippen LogP contribution is -1.98. The van der Waals surface area contributed by atoms with Crippen LogP contribution < -0.4 is 4.74 Å². The Morgan fingerprint density at radius 1 is 0.952 bits per heavy atom. The first kappa shape index (κ1) is 16.7. The Kier molecular flexibility index (Phi) is 5.28. The van der Waals surface area contributed by atoms with Gasteiger partial charge in [-0.05, 0) is 23.8 Å². The van der Waals surface area contributed by atoms with E-state index in [2.05, 4.69) is 0 Å². The van der Waals surface area contributed by atoms with Gasteiger partial charge in [0, 0.05) is 21.8 Å². The minimum absolute atomic E-state index is 0.0551. The lowest BCUT2D eigenvalue weighted by atomic mass is 10.2. The van der Waals surface area contributed by atoms with Gasteiger partial charge in [-0.3, -0.25) is 0 Å². The topological polar surface area (TPSA) is 43.4 Å². The smallest absolute Gasteiger partial charge is 0.262 e. The summed E-state index contributed by atoms with van der Waals surface area (Å²) in [6.07, 6.45) is 0. The van der Waals surface area contributed by atoms with Crippen LogP contribution in [0.25, 0.3) is 0 Å². The molecule has 3 nitrogen and oxygen atoms in total. The van der Waals surface area contributed by atoms with Gasteiger partial charge in [0.2, 0.25) is 0 Å². The Balaban J connectivity index is 2.21. The second-order valence-corrected chi connectivity index (χ2v) is 7.85. The van der Waals surface area contributed by atoms with E-state index in [1.807, 2.05) is 0 Å². The first-order valence-corrected chi connectivity index (χ1v) is 9.02. The minimum atomic E-state index is -3.96. The molecule has 0 aliphatic carbocycles. The summed E-state index contributed by atoms with van der Waals surface area (Å²) >= 11 is 17.6. The minimum Gasteiger partial charge on any atom is -0.487 e. The van der Waals surface area contributed by atoms with Crippen LogP contribution in [0.1, 0.15) is 5.56 Å². The number of halogens is 4. The van der Waals surface area contributed by atoms with Crippen LogP contribution in [-0.4, -0.2) is 8.42 Å². The van der Waals surface area contributed by atoms with E-state index in [0.717, 1.165) is 11.6 Å². The molecule has 0 aromatic heterocycles. The zero-order valence-electron chi connectivity index (χ0n) is 10.3. The molecule has 0 atom stereocenters. The summed E-state index contributed by atoms with van der Waals surface area (Å²) in [6.45, 7) is 0.236. The van der Waals surface area contributed by atoms with Crippen molar-refractivity contribution >= 4 is 54.5 Å². The molecule has 0 radical (unpaired) electrons. The molecular formula is C13H8Cl4O3S. The van der Waals surface area contributed by atoms with Gasteiger partial charge in [-0.15, -0.1) is 0 Å². The normalized spacial score (nSPS) is 11.4. The lowest BCUT2D eigenvalue weighted by molar-refractivity contribution is 0.306. The molecule has 0 heterocycles. The van der Waals surface area contributed by atoms with Crippen molar-refractivity contribution in [1.29, 1.82) is 0 Å². The first-order valence-electron chi connectivity index (χ1n) is 5.58. The largest absolute Gasteiger partial charge is 0.487 e. The first-order chi connectivity index (χ1) is 9.77. The van der Waals surface area contributed by atoms with Crippen LogP contribution in [0, 0.1) is 0 Å². The molecule has 0 spiro atoms. The molecule has 2 rings (SSSR count). The van der Waals surface area contributed by atoms with E-state index < -0.39 is 9.05 Å². The Morgan fingerprint density at radius 3 is 2.14 bits per heavy atom. The third-order valence-corrected chi connectivity index (χ3v) is 4.89. The number of hydrogen-bond acceptors (Lipinski definition) is 3. The van der Waals surface area contributed by atoms with Crippen molar-refractivity contribution in [3.8, 4) is 5.75 Å². The zero-order chi connectivity index (χ0) is 15.6. The highest BCUT2D eigenvalue weighted by atomic mass is 35.7. The Hall–Kier alpha value is -0.650. The van der Waals surface area contributed by atoms with Crippen molar-refractivity contribution in [2.45, 2.75) is 11.5 Å². The average molecular weight is 386 g/mol. The monoisotopic (exact) mass is 384 g/mol. The molecule has 0 saturated heterocycles. The van der Waals surface area contributed by atoms with Crippen molar-refractivity contribution in [2.24, 2.45) is 0 Å². The van der Waals surface area contributed by atoms with Gasteiger partial charge in [0.05, 0.1) is 10.0 Å². The fourth-order valence-electron chi connectivity index (χ4n) is 1.55. The van der Waals surface area contributed by atoms with Gasteiger partial charge in [-0.1, -0.05) is 46.9 Å². The summed E-state index contributed by atoms with van der Waals surface area (Å²) in [7, 11) is 1.29. The highest BCUT2D eigenvalue weighted by Gasteiger charge is 2.18. The van der Waals surface area contributed by atoms with Crippen LogP contribution in [-0.2, 0) is 15.7 Å². The summed E-state index contributed by atoms with van der Waals surface area (Å²) in [4.78, 5) is -0.255. The number of ether oxygens (including phenoxy) is 1. The summed E-state index contributed by atoms with van der Waals surface area (Å²) in [5.74, 6) is 0.265. The van der Waals surface area contributed by atoms with Gasteiger partial charge in [-0.2, -0.15) is 0 Å². The fraction of sp³-hybridized carbons (Fsp3) is 0.0769. The maximum absolute atomic E-state index is 11.3. The molecule has 2 aromatic rings. The zero-order valence-corrected chi connectivity index (χ0v) is 14.2. The molecule has 0 fully saturated rings. The molecule has 0 saturated carbocycles. The third-order valence-electron chi connectivity index (χ3n) is 2.56. The molecule has 2 aromatic carbocycles. The van der Waals surface area contributed by atoms with Crippen LogP contribution in [0.2, 0.25) is 15.1 Å². The maximum Gasteiger partial charge on any atom is 0.262 e. The summed E-state index contributed by atoms with van der Waals surface area (Å²) in [6, 6.07) is 9.54. The van der Waals surface area contributed by atoms with Crippen LogP contribution in [0.15, 0.2) is 41.3 Å². The number of hydrogen-bond donors (Lipinski definition) is 0. The van der Waals surface area contributed by atoms with Crippen LogP contribution in [0.3, 0.4) is 0 Å². The predicted octanol–water partition coefficient (Wildman–Crippen LogP) is 5.15. The van der Waals surface area contributed by atoms with Gasteiger partial charge in [0.15, 0.2) is 0 Å². The number of rotatable bonds is 4. The van der Waals surface area contributed by atoms with Gasteiger partial charge < -0.3 is 4.74 Å². The van der Waals surface area contributed by atoms with Crippen molar-refractivity contribution in [1.82, 2.24) is 0 Å². The second kappa shape index (κ2) is 6.63. The summed E-state index contributed by atoms with van der Waals surface area (Å²) in [5.41, 5.74) is 0.876. The van der Waals surface area contributed by atoms with Gasteiger partial charge in [0.1, 0.15) is 17.3 Å². The van der Waals surface area contributed by atoms with Crippen molar-refractivity contribution in [3.63, 3.8) is 0 Å². The maximum atomic E-state index is 11.3. The van der Waals surface area contributed by atoms with Crippen molar-refractivity contribution in [2.75, 3.05) is 0 Å². The van der Waals surface area contributed by atoms with Crippen LogP contribution in [0.5, 0.6) is 5.75 Å². The SMILES string of the molecule is O=S(=O)(Cl)c1cc(Cl)c(OCc2ccc(Cl)cc2)cc1Cl. The average Bonchev–Trinajstić information content (AvgIpc) is 2.40. The number of benzene rings is 2. The molecule has 8 heteroatoms. The molecule has 112 valence electrons. The Bertz CT molecular complexity index is 758. The molecule has 21 heavy (non-hydrogen) atoms. The molecule has 0 aliphatic rings. The molecule has 0 amide bonds. The van der Waals surface area contributed by atoms with E-state index in [0.29, 0.717) is 5.02 Å². The molecule has 0 bridgehead atoms. The van der Waals surface area contributed by atoms with Crippen molar-refractivity contribution < 1.29 is 13.2 Å². The molecule has 0 N–H and O–H groups in total. The quantitative estimate of drug-likeness (QED) is 0.683. The van der Waals surface area contributed by atoms with E-state index in [1.54, 1.807) is 24.3 Å². The van der Waals surface area contributed by atoms with E-state index in [1.165, 1.54) is 6.07 Å². The van der Waals surface area contributed by atoms with Crippen LogP contribution >= 0.6 is 45.5 Å². The highest BCUT2D eigenvalue weighted by molar-refractivity contribution is 8.13. The Morgan fingerprint density at radius 2 is 1.57 bits per heavy atom. The van der Waals surface area contributed by atoms with E-state index in [4.69, 9.17) is 50.2 Å². The van der Waals surface area contributed by atoms with Gasteiger partial charge in [0.25, 0.3) is 9.05 Å². The van der Waals surface area contributed by atoms with Crippen LogP contribution in [0.4, 0.5) is 0 Å².